The third kappa shape index (κ3) is 2.63. The number of hydrogen-bond donors (Lipinski definition) is 1. The first kappa shape index (κ1) is 11.6. The Morgan fingerprint density at radius 1 is 1.24 bits per heavy atom. The van der Waals surface area contributed by atoms with Crippen LogP contribution in [0.4, 0.5) is 0 Å². The maximum atomic E-state index is 11.3. The normalized spacial score (nSPS) is 11.5. The highest BCUT2D eigenvalue weighted by atomic mass is 32.1. The van der Waals surface area contributed by atoms with E-state index in [1.807, 2.05) is 48.7 Å². The minimum absolute atomic E-state index is 0.330. The molecule has 0 aliphatic rings. The van der Waals surface area contributed by atoms with Gasteiger partial charge < -0.3 is 5.11 Å². The van der Waals surface area contributed by atoms with E-state index in [0.29, 0.717) is 5.57 Å². The number of carboxylic acid groups (broad SMARTS) is 1. The quantitative estimate of drug-likeness (QED) is 0.836. The van der Waals surface area contributed by atoms with E-state index < -0.39 is 5.97 Å². The number of benzene rings is 1. The second kappa shape index (κ2) is 4.97. The van der Waals surface area contributed by atoms with Crippen molar-refractivity contribution in [3.8, 4) is 0 Å². The van der Waals surface area contributed by atoms with Crippen molar-refractivity contribution in [3.05, 3.63) is 57.8 Å². The van der Waals surface area contributed by atoms with Gasteiger partial charge in [-0.25, -0.2) is 4.79 Å². The zero-order valence-electron chi connectivity index (χ0n) is 9.38. The van der Waals surface area contributed by atoms with Crippen LogP contribution in [0.5, 0.6) is 0 Å². The van der Waals surface area contributed by atoms with Gasteiger partial charge in [0.1, 0.15) is 0 Å². The Hall–Kier alpha value is -1.87. The number of carboxylic acids is 1. The van der Waals surface area contributed by atoms with Gasteiger partial charge in [-0.05, 0) is 35.6 Å². The van der Waals surface area contributed by atoms with Gasteiger partial charge in [0.15, 0.2) is 0 Å². The lowest BCUT2D eigenvalue weighted by Crippen LogP contribution is -1.99. The molecule has 2 aromatic rings. The van der Waals surface area contributed by atoms with Gasteiger partial charge in [0.05, 0.1) is 5.57 Å². The van der Waals surface area contributed by atoms with Gasteiger partial charge >= 0.3 is 5.97 Å². The molecule has 2 nitrogen and oxygen atoms in total. The minimum Gasteiger partial charge on any atom is -0.478 e. The van der Waals surface area contributed by atoms with Crippen molar-refractivity contribution in [2.24, 2.45) is 0 Å². The largest absolute Gasteiger partial charge is 0.478 e. The molecule has 0 atom stereocenters. The molecule has 0 amide bonds. The molecule has 1 aromatic heterocycles. The van der Waals surface area contributed by atoms with Crippen LogP contribution in [0.3, 0.4) is 0 Å². The van der Waals surface area contributed by atoms with Crippen molar-refractivity contribution < 1.29 is 9.90 Å². The lowest BCUT2D eigenvalue weighted by atomic mass is 10.0. The second-order valence-corrected chi connectivity index (χ2v) is 4.64. The summed E-state index contributed by atoms with van der Waals surface area (Å²) < 4.78 is 0. The summed E-state index contributed by atoms with van der Waals surface area (Å²) in [6.07, 6.45) is 1.73. The van der Waals surface area contributed by atoms with Crippen molar-refractivity contribution in [2.75, 3.05) is 0 Å². The van der Waals surface area contributed by atoms with Crippen molar-refractivity contribution in [1.82, 2.24) is 0 Å². The molecule has 0 saturated carbocycles. The first-order valence-electron chi connectivity index (χ1n) is 5.23. The standard InChI is InChI=1S/C14H12O2S/c1-10-7-8-17-13(10)9-12(14(15)16)11-5-3-2-4-6-11/h2-9H,1H3,(H,15,16)/b12-9-. The van der Waals surface area contributed by atoms with Crippen molar-refractivity contribution in [3.63, 3.8) is 0 Å². The van der Waals surface area contributed by atoms with Gasteiger partial charge in [-0.2, -0.15) is 0 Å². The number of thiophene rings is 1. The summed E-state index contributed by atoms with van der Waals surface area (Å²) in [7, 11) is 0. The molecule has 0 aliphatic heterocycles. The van der Waals surface area contributed by atoms with Gasteiger partial charge in [-0.15, -0.1) is 11.3 Å². The summed E-state index contributed by atoms with van der Waals surface area (Å²) in [6, 6.07) is 11.2. The molecule has 1 N–H and O–H groups in total. The Morgan fingerprint density at radius 2 is 1.94 bits per heavy atom. The van der Waals surface area contributed by atoms with E-state index in [-0.39, 0.29) is 0 Å². The maximum Gasteiger partial charge on any atom is 0.336 e. The first-order valence-corrected chi connectivity index (χ1v) is 6.11. The minimum atomic E-state index is -0.899. The van der Waals surface area contributed by atoms with E-state index in [1.165, 1.54) is 0 Å². The zero-order valence-corrected chi connectivity index (χ0v) is 10.2. The summed E-state index contributed by atoms with van der Waals surface area (Å²) in [5.41, 5.74) is 2.16. The van der Waals surface area contributed by atoms with Crippen molar-refractivity contribution in [2.45, 2.75) is 6.92 Å². The number of aliphatic carboxylic acids is 1. The van der Waals surface area contributed by atoms with E-state index in [0.717, 1.165) is 16.0 Å². The molecule has 0 spiro atoms. The molecular weight excluding hydrogens is 232 g/mol. The van der Waals surface area contributed by atoms with E-state index in [1.54, 1.807) is 17.4 Å². The van der Waals surface area contributed by atoms with Crippen LogP contribution in [0.25, 0.3) is 11.6 Å². The molecule has 1 aromatic carbocycles. The lowest BCUT2D eigenvalue weighted by molar-refractivity contribution is -0.130. The fourth-order valence-corrected chi connectivity index (χ4v) is 2.41. The van der Waals surface area contributed by atoms with E-state index in [9.17, 15) is 9.90 Å². The average Bonchev–Trinajstić information content (AvgIpc) is 2.72. The molecule has 0 bridgehead atoms. The van der Waals surface area contributed by atoms with Crippen molar-refractivity contribution in [1.29, 1.82) is 0 Å². The molecule has 2 rings (SSSR count). The Morgan fingerprint density at radius 3 is 2.47 bits per heavy atom. The number of carbonyl (C=O) groups is 1. The van der Waals surface area contributed by atoms with Gasteiger partial charge in [0, 0.05) is 4.88 Å². The van der Waals surface area contributed by atoms with Gasteiger partial charge in [0.2, 0.25) is 0 Å². The predicted octanol–water partition coefficient (Wildman–Crippen LogP) is 3.68. The molecule has 0 radical (unpaired) electrons. The Labute approximate surface area is 104 Å². The molecular formula is C14H12O2S. The molecule has 0 aliphatic carbocycles. The van der Waals surface area contributed by atoms with Gasteiger partial charge in [0.25, 0.3) is 0 Å². The van der Waals surface area contributed by atoms with E-state index >= 15 is 0 Å². The number of rotatable bonds is 3. The highest BCUT2D eigenvalue weighted by Crippen LogP contribution is 2.23. The van der Waals surface area contributed by atoms with Crippen LogP contribution >= 0.6 is 11.3 Å². The molecule has 86 valence electrons. The number of aryl methyl sites for hydroxylation is 1. The monoisotopic (exact) mass is 244 g/mol. The van der Waals surface area contributed by atoms with Crippen molar-refractivity contribution >= 4 is 29.0 Å². The highest BCUT2D eigenvalue weighted by Gasteiger charge is 2.10. The van der Waals surface area contributed by atoms with Gasteiger partial charge in [-0.1, -0.05) is 30.3 Å². The molecule has 0 fully saturated rings. The second-order valence-electron chi connectivity index (χ2n) is 3.70. The summed E-state index contributed by atoms with van der Waals surface area (Å²) >= 11 is 1.55. The van der Waals surface area contributed by atoms with Crippen LogP contribution in [0.15, 0.2) is 41.8 Å². The zero-order chi connectivity index (χ0) is 12.3. The Bertz CT molecular complexity index is 553. The summed E-state index contributed by atoms with van der Waals surface area (Å²) in [4.78, 5) is 12.3. The molecule has 17 heavy (non-hydrogen) atoms. The number of hydrogen-bond acceptors (Lipinski definition) is 2. The Kier molecular flexibility index (Phi) is 3.40. The molecule has 0 saturated heterocycles. The van der Waals surface area contributed by atoms with Crippen LogP contribution in [0.2, 0.25) is 0 Å². The summed E-state index contributed by atoms with van der Waals surface area (Å²) in [5, 5.41) is 11.2. The van der Waals surface area contributed by atoms with E-state index in [2.05, 4.69) is 0 Å². The Balaban J connectivity index is 2.47. The molecule has 3 heteroatoms. The molecule has 1 heterocycles. The molecule has 0 unspecified atom stereocenters. The summed E-state index contributed by atoms with van der Waals surface area (Å²) in [6.45, 7) is 1.98. The van der Waals surface area contributed by atoms with Crippen LogP contribution in [-0.2, 0) is 4.79 Å². The van der Waals surface area contributed by atoms with Crippen LogP contribution in [0.1, 0.15) is 16.0 Å². The fraction of sp³-hybridized carbons (Fsp3) is 0.0714. The smallest absolute Gasteiger partial charge is 0.336 e. The fourth-order valence-electron chi connectivity index (χ4n) is 1.55. The topological polar surface area (TPSA) is 37.3 Å². The van der Waals surface area contributed by atoms with Gasteiger partial charge in [-0.3, -0.25) is 0 Å². The van der Waals surface area contributed by atoms with E-state index in [4.69, 9.17) is 0 Å². The van der Waals surface area contributed by atoms with Crippen LogP contribution in [0, 0.1) is 6.92 Å². The highest BCUT2D eigenvalue weighted by molar-refractivity contribution is 7.11. The maximum absolute atomic E-state index is 11.3. The first-order chi connectivity index (χ1) is 8.18. The predicted molar refractivity (Wildman–Crippen MR) is 71.0 cm³/mol. The SMILES string of the molecule is Cc1ccsc1/C=C(\C(=O)O)c1ccccc1. The lowest BCUT2D eigenvalue weighted by Gasteiger charge is -2.02. The third-order valence-corrected chi connectivity index (χ3v) is 3.46. The third-order valence-electron chi connectivity index (χ3n) is 2.49. The van der Waals surface area contributed by atoms with Crippen LogP contribution in [-0.4, -0.2) is 11.1 Å². The summed E-state index contributed by atoms with van der Waals surface area (Å²) in [5.74, 6) is -0.899. The van der Waals surface area contributed by atoms with Crippen LogP contribution < -0.4 is 0 Å². The average molecular weight is 244 g/mol.